The zero-order valence-electron chi connectivity index (χ0n) is 18.7. The first-order chi connectivity index (χ1) is 14.4. The molecule has 0 aromatic carbocycles. The quantitative estimate of drug-likeness (QED) is 0.631. The molecular weight excluding hydrogens is 400 g/mol. The summed E-state index contributed by atoms with van der Waals surface area (Å²) in [6, 6.07) is -0.144. The first kappa shape index (κ1) is 23.4. The molecule has 1 heterocycles. The van der Waals surface area contributed by atoms with Crippen LogP contribution in [0.1, 0.15) is 58.3 Å². The molecule has 3 amide bonds. The second-order valence-electron chi connectivity index (χ2n) is 9.23. The third kappa shape index (κ3) is 6.61. The molecule has 0 bridgehead atoms. The number of nitrogens with zero attached hydrogens (tertiary/aromatic N) is 3. The summed E-state index contributed by atoms with van der Waals surface area (Å²) in [5.41, 5.74) is -0.705. The lowest BCUT2D eigenvalue weighted by atomic mass is 9.87. The Morgan fingerprint density at radius 1 is 1.03 bits per heavy atom. The van der Waals surface area contributed by atoms with Crippen LogP contribution in [0.4, 0.5) is 4.79 Å². The molecule has 2 aliphatic carbocycles. The lowest BCUT2D eigenvalue weighted by Gasteiger charge is -2.35. The number of likely N-dealkylation sites (N-methyl/N-ethyl adjacent to an activating group) is 1. The molecule has 0 aromatic rings. The zero-order chi connectivity index (χ0) is 21.6. The summed E-state index contributed by atoms with van der Waals surface area (Å²) < 4.78 is 0. The van der Waals surface area contributed by atoms with Crippen LogP contribution in [0.5, 0.6) is 0 Å². The molecule has 0 unspecified atom stereocenters. The number of amides is 3. The second-order valence-corrected chi connectivity index (χ2v) is 10.5. The molecule has 0 atom stereocenters. The van der Waals surface area contributed by atoms with Gasteiger partial charge in [0, 0.05) is 51.9 Å². The summed E-state index contributed by atoms with van der Waals surface area (Å²) in [6.45, 7) is 6.03. The van der Waals surface area contributed by atoms with Crippen molar-refractivity contribution in [1.29, 1.82) is 0 Å². The van der Waals surface area contributed by atoms with E-state index in [2.05, 4.69) is 17.3 Å². The van der Waals surface area contributed by atoms with E-state index in [-0.39, 0.29) is 17.1 Å². The minimum absolute atomic E-state index is 0.0755. The van der Waals surface area contributed by atoms with Gasteiger partial charge >= 0.3 is 6.03 Å². The Balaban J connectivity index is 1.55. The van der Waals surface area contributed by atoms with E-state index < -0.39 is 5.54 Å². The van der Waals surface area contributed by atoms with Crippen molar-refractivity contribution in [3.63, 3.8) is 0 Å². The third-order valence-electron chi connectivity index (χ3n) is 6.78. The summed E-state index contributed by atoms with van der Waals surface area (Å²) in [6.07, 6.45) is 8.88. The van der Waals surface area contributed by atoms with E-state index >= 15 is 0 Å². The van der Waals surface area contributed by atoms with Gasteiger partial charge in [-0.2, -0.15) is 0 Å². The van der Waals surface area contributed by atoms with E-state index in [0.717, 1.165) is 45.4 Å². The highest BCUT2D eigenvalue weighted by atomic mass is 32.2. The summed E-state index contributed by atoms with van der Waals surface area (Å²) in [4.78, 5) is 43.5. The number of rotatable bonds is 8. The molecule has 2 saturated carbocycles. The molecule has 3 aliphatic rings. The Kier molecular flexibility index (Phi) is 8.45. The fraction of sp³-hybridized carbons (Fsp3) is 0.864. The molecule has 1 N–H and O–H groups in total. The maximum absolute atomic E-state index is 13.1. The average molecular weight is 439 g/mol. The monoisotopic (exact) mass is 438 g/mol. The lowest BCUT2D eigenvalue weighted by Crippen LogP contribution is -2.57. The zero-order valence-corrected chi connectivity index (χ0v) is 19.5. The smallest absolute Gasteiger partial charge is 0.318 e. The Hall–Kier alpha value is -1.28. The van der Waals surface area contributed by atoms with Gasteiger partial charge in [0.05, 0.1) is 0 Å². The molecular formula is C22H38N4O3S. The topological polar surface area (TPSA) is 73.0 Å². The largest absolute Gasteiger partial charge is 0.338 e. The molecule has 1 saturated heterocycles. The van der Waals surface area contributed by atoms with Crippen LogP contribution in [0, 0.1) is 5.92 Å². The molecule has 8 heteroatoms. The SMILES string of the molecule is CC(=O)SCCN(CCC1CCCCC1)C(=O)NC1(C(=O)N2CCN(C)CC2)CC1. The first-order valence-electron chi connectivity index (χ1n) is 11.6. The third-order valence-corrected chi connectivity index (χ3v) is 7.58. The molecule has 0 aromatic heterocycles. The van der Waals surface area contributed by atoms with Crippen molar-refractivity contribution in [2.75, 3.05) is 52.1 Å². The molecule has 7 nitrogen and oxygen atoms in total. The van der Waals surface area contributed by atoms with Crippen LogP contribution in [0.3, 0.4) is 0 Å². The minimum atomic E-state index is -0.705. The van der Waals surface area contributed by atoms with Crippen LogP contribution in [0.15, 0.2) is 0 Å². The molecule has 3 fully saturated rings. The Morgan fingerprint density at radius 2 is 1.70 bits per heavy atom. The number of hydrogen-bond acceptors (Lipinski definition) is 5. The van der Waals surface area contributed by atoms with Gasteiger partial charge in [0.2, 0.25) is 5.91 Å². The van der Waals surface area contributed by atoms with Crippen LogP contribution < -0.4 is 5.32 Å². The fourth-order valence-electron chi connectivity index (χ4n) is 4.54. The number of hydrogen-bond donors (Lipinski definition) is 1. The van der Waals surface area contributed by atoms with Crippen LogP contribution >= 0.6 is 11.8 Å². The van der Waals surface area contributed by atoms with Crippen molar-refractivity contribution < 1.29 is 14.4 Å². The highest BCUT2D eigenvalue weighted by Gasteiger charge is 2.53. The van der Waals surface area contributed by atoms with Gasteiger partial charge < -0.3 is 20.0 Å². The van der Waals surface area contributed by atoms with Crippen molar-refractivity contribution in [1.82, 2.24) is 20.0 Å². The van der Waals surface area contributed by atoms with E-state index in [4.69, 9.17) is 0 Å². The Bertz CT molecular complexity index is 612. The maximum Gasteiger partial charge on any atom is 0.318 e. The number of nitrogens with one attached hydrogen (secondary N) is 1. The molecule has 0 radical (unpaired) electrons. The molecule has 30 heavy (non-hydrogen) atoms. The fourth-order valence-corrected chi connectivity index (χ4v) is 5.14. The second kappa shape index (κ2) is 10.8. The Labute approximate surface area is 185 Å². The van der Waals surface area contributed by atoms with Gasteiger partial charge in [0.25, 0.3) is 0 Å². The van der Waals surface area contributed by atoms with Crippen LogP contribution in [0.25, 0.3) is 0 Å². The van der Waals surface area contributed by atoms with Crippen molar-refractivity contribution in [3.05, 3.63) is 0 Å². The summed E-state index contributed by atoms with van der Waals surface area (Å²) in [5.74, 6) is 1.37. The molecule has 3 rings (SSSR count). The van der Waals surface area contributed by atoms with E-state index in [1.54, 1.807) is 6.92 Å². The van der Waals surface area contributed by atoms with E-state index in [1.807, 2.05) is 9.80 Å². The van der Waals surface area contributed by atoms with Gasteiger partial charge in [-0.3, -0.25) is 9.59 Å². The average Bonchev–Trinajstić information content (AvgIpc) is 3.51. The van der Waals surface area contributed by atoms with Gasteiger partial charge in [-0.1, -0.05) is 43.9 Å². The van der Waals surface area contributed by atoms with E-state index in [1.165, 1.54) is 43.9 Å². The van der Waals surface area contributed by atoms with E-state index in [9.17, 15) is 14.4 Å². The number of carbonyl (C=O) groups excluding carboxylic acids is 3. The lowest BCUT2D eigenvalue weighted by molar-refractivity contribution is -0.136. The van der Waals surface area contributed by atoms with Gasteiger partial charge in [0.1, 0.15) is 5.54 Å². The highest BCUT2D eigenvalue weighted by Crippen LogP contribution is 2.38. The van der Waals surface area contributed by atoms with Crippen molar-refractivity contribution in [2.45, 2.75) is 63.8 Å². The predicted octanol–water partition coefficient (Wildman–Crippen LogP) is 2.55. The number of urea groups is 1. The normalized spacial score (nSPS) is 21.9. The standard InChI is InChI=1S/C22H38N4O3S/c1-18(27)30-17-16-26(11-8-19-6-4-3-5-7-19)21(29)23-22(9-10-22)20(28)25-14-12-24(2)13-15-25/h19H,3-17H2,1-2H3,(H,23,29). The van der Waals surface area contributed by atoms with Crippen molar-refractivity contribution >= 4 is 28.8 Å². The minimum Gasteiger partial charge on any atom is -0.338 e. The highest BCUT2D eigenvalue weighted by molar-refractivity contribution is 8.13. The van der Waals surface area contributed by atoms with Crippen LogP contribution in [-0.2, 0) is 9.59 Å². The number of piperazine rings is 1. The molecule has 1 aliphatic heterocycles. The van der Waals surface area contributed by atoms with Crippen molar-refractivity contribution in [3.8, 4) is 0 Å². The number of thioether (sulfide) groups is 1. The van der Waals surface area contributed by atoms with Gasteiger partial charge in [-0.05, 0) is 32.2 Å². The van der Waals surface area contributed by atoms with Gasteiger partial charge in [-0.15, -0.1) is 0 Å². The predicted molar refractivity (Wildman–Crippen MR) is 120 cm³/mol. The molecule has 170 valence electrons. The first-order valence-corrected chi connectivity index (χ1v) is 12.6. The van der Waals surface area contributed by atoms with Gasteiger partial charge in [-0.25, -0.2) is 4.79 Å². The van der Waals surface area contributed by atoms with Crippen molar-refractivity contribution in [2.24, 2.45) is 5.92 Å². The van der Waals surface area contributed by atoms with Crippen LogP contribution in [-0.4, -0.2) is 89.4 Å². The summed E-state index contributed by atoms with van der Waals surface area (Å²) in [7, 11) is 2.07. The maximum atomic E-state index is 13.1. The molecule has 0 spiro atoms. The number of carbonyl (C=O) groups is 3. The summed E-state index contributed by atoms with van der Waals surface area (Å²) in [5, 5.41) is 3.17. The van der Waals surface area contributed by atoms with E-state index in [0.29, 0.717) is 24.8 Å². The van der Waals surface area contributed by atoms with Gasteiger partial charge in [0.15, 0.2) is 5.12 Å². The van der Waals surface area contributed by atoms with Crippen LogP contribution in [0.2, 0.25) is 0 Å². The Morgan fingerprint density at radius 3 is 2.30 bits per heavy atom. The summed E-state index contributed by atoms with van der Waals surface area (Å²) >= 11 is 1.26.